The summed E-state index contributed by atoms with van der Waals surface area (Å²) in [6, 6.07) is 13.7. The van der Waals surface area contributed by atoms with Gasteiger partial charge in [-0.15, -0.1) is 0 Å². The molecule has 0 aliphatic heterocycles. The second-order valence-electron chi connectivity index (χ2n) is 5.82. The number of amides is 1. The first-order valence-electron chi connectivity index (χ1n) is 7.53. The second kappa shape index (κ2) is 7.12. The number of aryl methyl sites for hydroxylation is 3. The van der Waals surface area contributed by atoms with Crippen LogP contribution in [0.3, 0.4) is 0 Å². The van der Waals surface area contributed by atoms with Crippen LogP contribution in [0.5, 0.6) is 5.75 Å². The van der Waals surface area contributed by atoms with Gasteiger partial charge in [0.15, 0.2) is 0 Å². The van der Waals surface area contributed by atoms with Crippen LogP contribution < -0.4 is 10.1 Å². The molecule has 0 bridgehead atoms. The van der Waals surface area contributed by atoms with Crippen LogP contribution in [0.15, 0.2) is 42.5 Å². The highest BCUT2D eigenvalue weighted by Gasteiger charge is 2.12. The summed E-state index contributed by atoms with van der Waals surface area (Å²) in [5.41, 5.74) is 3.99. The highest BCUT2D eigenvalue weighted by molar-refractivity contribution is 5.96. The van der Waals surface area contributed by atoms with E-state index in [0.29, 0.717) is 6.61 Å². The van der Waals surface area contributed by atoms with Crippen molar-refractivity contribution in [2.24, 2.45) is 0 Å². The first-order valence-corrected chi connectivity index (χ1v) is 7.53. The summed E-state index contributed by atoms with van der Waals surface area (Å²) in [7, 11) is 0. The third-order valence-electron chi connectivity index (χ3n) is 3.54. The molecule has 0 radical (unpaired) electrons. The van der Waals surface area contributed by atoms with Crippen molar-refractivity contribution in [3.63, 3.8) is 0 Å². The van der Waals surface area contributed by atoms with E-state index in [1.807, 2.05) is 70.2 Å². The molecule has 0 spiro atoms. The molecule has 0 aliphatic rings. The first kappa shape index (κ1) is 16.1. The lowest BCUT2D eigenvalue weighted by molar-refractivity contribution is 0.0926. The van der Waals surface area contributed by atoms with Gasteiger partial charge in [-0.1, -0.05) is 35.4 Å². The molecule has 2 rings (SSSR count). The third-order valence-corrected chi connectivity index (χ3v) is 3.54. The van der Waals surface area contributed by atoms with E-state index >= 15 is 0 Å². The number of rotatable bonds is 5. The number of carbonyl (C=O) groups excluding carboxylic acids is 1. The van der Waals surface area contributed by atoms with Gasteiger partial charge in [-0.2, -0.15) is 0 Å². The minimum Gasteiger partial charge on any atom is -0.491 e. The average Bonchev–Trinajstić information content (AvgIpc) is 2.49. The van der Waals surface area contributed by atoms with E-state index in [9.17, 15) is 4.79 Å². The van der Waals surface area contributed by atoms with Gasteiger partial charge in [0, 0.05) is 5.56 Å². The Bertz CT molecular complexity index is 647. The lowest BCUT2D eigenvalue weighted by Crippen LogP contribution is -2.37. The second-order valence-corrected chi connectivity index (χ2v) is 5.82. The van der Waals surface area contributed by atoms with E-state index in [2.05, 4.69) is 5.32 Å². The maximum atomic E-state index is 12.3. The molecule has 0 unspecified atom stereocenters. The van der Waals surface area contributed by atoms with Gasteiger partial charge < -0.3 is 10.1 Å². The van der Waals surface area contributed by atoms with Crippen LogP contribution in [0.1, 0.15) is 34.0 Å². The molecule has 1 amide bonds. The minimum atomic E-state index is -0.0614. The summed E-state index contributed by atoms with van der Waals surface area (Å²) in [5, 5.41) is 2.98. The highest BCUT2D eigenvalue weighted by atomic mass is 16.5. The van der Waals surface area contributed by atoms with Gasteiger partial charge in [0.25, 0.3) is 5.91 Å². The zero-order valence-electron chi connectivity index (χ0n) is 13.6. The Labute approximate surface area is 132 Å². The van der Waals surface area contributed by atoms with Gasteiger partial charge in [0.2, 0.25) is 0 Å². The van der Waals surface area contributed by atoms with Gasteiger partial charge in [0.05, 0.1) is 6.04 Å². The van der Waals surface area contributed by atoms with Crippen molar-refractivity contribution in [3.8, 4) is 5.75 Å². The van der Waals surface area contributed by atoms with Crippen molar-refractivity contribution >= 4 is 5.91 Å². The van der Waals surface area contributed by atoms with Crippen molar-refractivity contribution in [1.29, 1.82) is 0 Å². The summed E-state index contributed by atoms with van der Waals surface area (Å²) >= 11 is 0. The van der Waals surface area contributed by atoms with Crippen molar-refractivity contribution in [2.75, 3.05) is 6.61 Å². The summed E-state index contributed by atoms with van der Waals surface area (Å²) in [6.07, 6.45) is 0. The molecule has 2 aromatic rings. The lowest BCUT2D eigenvalue weighted by Gasteiger charge is -2.16. The zero-order chi connectivity index (χ0) is 16.1. The Kier molecular flexibility index (Phi) is 5.21. The van der Waals surface area contributed by atoms with Crippen LogP contribution in [0.4, 0.5) is 0 Å². The molecule has 0 heterocycles. The number of hydrogen-bond acceptors (Lipinski definition) is 2. The van der Waals surface area contributed by atoms with Gasteiger partial charge >= 0.3 is 0 Å². The summed E-state index contributed by atoms with van der Waals surface area (Å²) in [4.78, 5) is 12.3. The third kappa shape index (κ3) is 4.35. The van der Waals surface area contributed by atoms with Crippen molar-refractivity contribution in [1.82, 2.24) is 5.32 Å². The van der Waals surface area contributed by atoms with Gasteiger partial charge in [-0.25, -0.2) is 0 Å². The summed E-state index contributed by atoms with van der Waals surface area (Å²) in [6.45, 7) is 8.36. The quantitative estimate of drug-likeness (QED) is 0.911. The largest absolute Gasteiger partial charge is 0.491 e. The molecule has 0 saturated carbocycles. The molecule has 1 N–H and O–H groups in total. The van der Waals surface area contributed by atoms with Gasteiger partial charge in [-0.3, -0.25) is 4.79 Å². The van der Waals surface area contributed by atoms with E-state index < -0.39 is 0 Å². The van der Waals surface area contributed by atoms with Crippen molar-refractivity contribution < 1.29 is 9.53 Å². The normalized spacial score (nSPS) is 11.8. The molecule has 0 aromatic heterocycles. The molecular formula is C19H23NO2. The number of carbonyl (C=O) groups is 1. The van der Waals surface area contributed by atoms with Crippen LogP contribution in [0.25, 0.3) is 0 Å². The topological polar surface area (TPSA) is 38.3 Å². The standard InChI is InChI=1S/C19H23NO2/c1-13-6-9-17(10-7-13)22-12-16(4)20-19(21)18-11-14(2)5-8-15(18)3/h5-11,16H,12H2,1-4H3,(H,20,21)/t16-/m0/s1. The Balaban J connectivity index is 1.91. The molecule has 3 nitrogen and oxygen atoms in total. The molecule has 0 saturated heterocycles. The van der Waals surface area contributed by atoms with Crippen molar-refractivity contribution in [3.05, 3.63) is 64.7 Å². The fourth-order valence-electron chi connectivity index (χ4n) is 2.18. The molecule has 0 aliphatic carbocycles. The van der Waals surface area contributed by atoms with Crippen LogP contribution in [-0.4, -0.2) is 18.6 Å². The monoisotopic (exact) mass is 297 g/mol. The van der Waals surface area contributed by atoms with Crippen LogP contribution in [0.2, 0.25) is 0 Å². The zero-order valence-corrected chi connectivity index (χ0v) is 13.6. The maximum absolute atomic E-state index is 12.3. The number of hydrogen-bond donors (Lipinski definition) is 1. The summed E-state index contributed by atoms with van der Waals surface area (Å²) < 4.78 is 5.70. The van der Waals surface area contributed by atoms with Gasteiger partial charge in [-0.05, 0) is 51.5 Å². The fourth-order valence-corrected chi connectivity index (χ4v) is 2.18. The predicted molar refractivity (Wildman–Crippen MR) is 89.5 cm³/mol. The molecule has 3 heteroatoms. The molecular weight excluding hydrogens is 274 g/mol. The average molecular weight is 297 g/mol. The lowest BCUT2D eigenvalue weighted by atomic mass is 10.0. The SMILES string of the molecule is Cc1ccc(OC[C@H](C)NC(=O)c2cc(C)ccc2C)cc1. The van der Waals surface area contributed by atoms with Crippen LogP contribution >= 0.6 is 0 Å². The molecule has 2 aromatic carbocycles. The van der Waals surface area contributed by atoms with Gasteiger partial charge in [0.1, 0.15) is 12.4 Å². The van der Waals surface area contributed by atoms with E-state index in [0.717, 1.165) is 22.4 Å². The van der Waals surface area contributed by atoms with E-state index in [-0.39, 0.29) is 11.9 Å². The number of nitrogens with one attached hydrogen (secondary N) is 1. The van der Waals surface area contributed by atoms with E-state index in [4.69, 9.17) is 4.74 Å². The Morgan fingerprint density at radius 1 is 1.05 bits per heavy atom. The highest BCUT2D eigenvalue weighted by Crippen LogP contribution is 2.13. The molecule has 116 valence electrons. The Morgan fingerprint density at radius 3 is 2.36 bits per heavy atom. The smallest absolute Gasteiger partial charge is 0.251 e. The maximum Gasteiger partial charge on any atom is 0.251 e. The number of ether oxygens (including phenoxy) is 1. The van der Waals surface area contributed by atoms with Crippen LogP contribution in [0, 0.1) is 20.8 Å². The Morgan fingerprint density at radius 2 is 1.68 bits per heavy atom. The van der Waals surface area contributed by atoms with Crippen LogP contribution in [-0.2, 0) is 0 Å². The molecule has 0 fully saturated rings. The number of benzene rings is 2. The molecule has 22 heavy (non-hydrogen) atoms. The first-order chi connectivity index (χ1) is 10.5. The Hall–Kier alpha value is -2.29. The predicted octanol–water partition coefficient (Wildman–Crippen LogP) is 3.81. The molecule has 1 atom stereocenters. The van der Waals surface area contributed by atoms with Crippen molar-refractivity contribution in [2.45, 2.75) is 33.7 Å². The van der Waals surface area contributed by atoms with E-state index in [1.54, 1.807) is 0 Å². The summed E-state index contributed by atoms with van der Waals surface area (Å²) in [5.74, 6) is 0.764. The fraction of sp³-hybridized carbons (Fsp3) is 0.316. The minimum absolute atomic E-state index is 0.0544. The van der Waals surface area contributed by atoms with E-state index in [1.165, 1.54) is 5.56 Å².